The van der Waals surface area contributed by atoms with E-state index in [1.165, 1.54) is 36.7 Å². The fraction of sp³-hybridized carbons (Fsp3) is 0.136. The summed E-state index contributed by atoms with van der Waals surface area (Å²) in [5, 5.41) is 12.9. The SMILES string of the molecule is CC1=NN(C(=O)c2ccc(C)cc2)C(=O)C1N=Nc1ccc(S(=O)(=O)Nc2ncccn2)cc1. The van der Waals surface area contributed by atoms with E-state index in [9.17, 15) is 18.0 Å². The van der Waals surface area contributed by atoms with Crippen LogP contribution in [0.25, 0.3) is 0 Å². The van der Waals surface area contributed by atoms with Crippen molar-refractivity contribution in [1.82, 2.24) is 15.0 Å². The Morgan fingerprint density at radius 3 is 2.29 bits per heavy atom. The van der Waals surface area contributed by atoms with Crippen molar-refractivity contribution in [3.8, 4) is 0 Å². The van der Waals surface area contributed by atoms with Crippen molar-refractivity contribution in [2.75, 3.05) is 4.72 Å². The third-order valence-electron chi connectivity index (χ3n) is 4.81. The smallest absolute Gasteiger partial charge is 0.269 e. The molecule has 4 rings (SSSR count). The number of nitrogens with zero attached hydrogens (tertiary/aromatic N) is 6. The number of rotatable bonds is 6. The maximum absolute atomic E-state index is 12.7. The minimum Gasteiger partial charge on any atom is -0.269 e. The first-order valence-corrected chi connectivity index (χ1v) is 11.5. The first-order chi connectivity index (χ1) is 16.2. The molecule has 1 aliphatic heterocycles. The highest BCUT2D eigenvalue weighted by molar-refractivity contribution is 7.92. The summed E-state index contributed by atoms with van der Waals surface area (Å²) in [6.07, 6.45) is 2.83. The van der Waals surface area contributed by atoms with Gasteiger partial charge in [0.05, 0.1) is 16.3 Å². The second-order valence-corrected chi connectivity index (χ2v) is 9.03. The number of hydrazone groups is 1. The number of azo groups is 1. The highest BCUT2D eigenvalue weighted by Crippen LogP contribution is 2.21. The number of anilines is 1. The maximum Gasteiger partial charge on any atom is 0.282 e. The number of nitrogens with one attached hydrogen (secondary N) is 1. The number of amides is 2. The number of sulfonamides is 1. The highest BCUT2D eigenvalue weighted by atomic mass is 32.2. The van der Waals surface area contributed by atoms with Crippen molar-refractivity contribution < 1.29 is 18.0 Å². The molecular formula is C22H19N7O4S. The van der Waals surface area contributed by atoms with Gasteiger partial charge in [-0.1, -0.05) is 17.7 Å². The molecule has 0 bridgehead atoms. The van der Waals surface area contributed by atoms with E-state index in [1.54, 1.807) is 37.3 Å². The number of hydrogen-bond acceptors (Lipinski definition) is 9. The van der Waals surface area contributed by atoms with E-state index < -0.39 is 27.9 Å². The Morgan fingerprint density at radius 2 is 1.65 bits per heavy atom. The van der Waals surface area contributed by atoms with Gasteiger partial charge in [0.2, 0.25) is 5.95 Å². The quantitative estimate of drug-likeness (QED) is 0.426. The summed E-state index contributed by atoms with van der Waals surface area (Å²) in [6, 6.07) is 12.9. The van der Waals surface area contributed by atoms with Crippen LogP contribution >= 0.6 is 0 Å². The van der Waals surface area contributed by atoms with E-state index in [2.05, 4.69) is 30.0 Å². The normalized spacial score (nSPS) is 16.1. The lowest BCUT2D eigenvalue weighted by Gasteiger charge is -2.10. The lowest BCUT2D eigenvalue weighted by molar-refractivity contribution is -0.127. The van der Waals surface area contributed by atoms with Gasteiger partial charge in [0.15, 0.2) is 6.04 Å². The van der Waals surface area contributed by atoms with Crippen LogP contribution < -0.4 is 4.72 Å². The number of benzene rings is 2. The molecular weight excluding hydrogens is 458 g/mol. The first-order valence-electron chi connectivity index (χ1n) is 10.1. The molecule has 2 amide bonds. The van der Waals surface area contributed by atoms with Gasteiger partial charge in [-0.25, -0.2) is 23.1 Å². The highest BCUT2D eigenvalue weighted by Gasteiger charge is 2.38. The third kappa shape index (κ3) is 4.86. The van der Waals surface area contributed by atoms with E-state index in [0.717, 1.165) is 10.6 Å². The van der Waals surface area contributed by atoms with Gasteiger partial charge in [0.1, 0.15) is 0 Å². The Morgan fingerprint density at radius 1 is 1.00 bits per heavy atom. The van der Waals surface area contributed by atoms with Crippen molar-refractivity contribution in [2.45, 2.75) is 24.8 Å². The van der Waals surface area contributed by atoms with Crippen LogP contribution in [-0.4, -0.2) is 47.0 Å². The molecule has 0 saturated carbocycles. The second-order valence-electron chi connectivity index (χ2n) is 7.35. The Kier molecular flexibility index (Phi) is 6.23. The molecule has 1 unspecified atom stereocenters. The van der Waals surface area contributed by atoms with Crippen molar-refractivity contribution >= 4 is 39.2 Å². The second kappa shape index (κ2) is 9.27. The van der Waals surface area contributed by atoms with Crippen LogP contribution in [0.3, 0.4) is 0 Å². The zero-order valence-corrected chi connectivity index (χ0v) is 19.0. The van der Waals surface area contributed by atoms with Crippen molar-refractivity contribution in [2.24, 2.45) is 15.3 Å². The predicted molar refractivity (Wildman–Crippen MR) is 123 cm³/mol. The molecule has 0 spiro atoms. The average molecular weight is 478 g/mol. The zero-order valence-electron chi connectivity index (χ0n) is 18.2. The van der Waals surface area contributed by atoms with Crippen LogP contribution in [0.2, 0.25) is 0 Å². The lowest BCUT2D eigenvalue weighted by atomic mass is 10.1. The van der Waals surface area contributed by atoms with Crippen molar-refractivity contribution in [3.63, 3.8) is 0 Å². The molecule has 1 atom stereocenters. The molecule has 0 radical (unpaired) electrons. The number of aromatic nitrogens is 2. The van der Waals surface area contributed by atoms with Gasteiger partial charge >= 0.3 is 0 Å². The summed E-state index contributed by atoms with van der Waals surface area (Å²) in [7, 11) is -3.89. The van der Waals surface area contributed by atoms with Crippen molar-refractivity contribution in [1.29, 1.82) is 0 Å². The van der Waals surface area contributed by atoms with Crippen LogP contribution in [0.1, 0.15) is 22.8 Å². The van der Waals surface area contributed by atoms with E-state index in [-0.39, 0.29) is 10.8 Å². The Labute approximate surface area is 195 Å². The monoisotopic (exact) mass is 477 g/mol. The van der Waals surface area contributed by atoms with E-state index in [4.69, 9.17) is 0 Å². The van der Waals surface area contributed by atoms with Gasteiger partial charge in [0, 0.05) is 18.0 Å². The van der Waals surface area contributed by atoms with Gasteiger partial charge in [-0.2, -0.15) is 20.3 Å². The predicted octanol–water partition coefficient (Wildman–Crippen LogP) is 3.10. The third-order valence-corrected chi connectivity index (χ3v) is 6.16. The first kappa shape index (κ1) is 22.9. The van der Waals surface area contributed by atoms with E-state index in [1.807, 2.05) is 6.92 Å². The summed E-state index contributed by atoms with van der Waals surface area (Å²) >= 11 is 0. The minimum atomic E-state index is -3.89. The summed E-state index contributed by atoms with van der Waals surface area (Å²) in [4.78, 5) is 33.0. The Balaban J connectivity index is 1.45. The molecule has 2 aromatic carbocycles. The van der Waals surface area contributed by atoms with Crippen molar-refractivity contribution in [3.05, 3.63) is 78.1 Å². The molecule has 3 aromatic rings. The average Bonchev–Trinajstić information content (AvgIpc) is 3.11. The summed E-state index contributed by atoms with van der Waals surface area (Å²) < 4.78 is 27.2. The number of carbonyl (C=O) groups is 2. The largest absolute Gasteiger partial charge is 0.282 e. The van der Waals surface area contributed by atoms with Crippen LogP contribution in [0.4, 0.5) is 11.6 Å². The zero-order chi connectivity index (χ0) is 24.3. The number of aryl methyl sites for hydroxylation is 1. The van der Waals surface area contributed by atoms with Gasteiger partial charge in [-0.05, 0) is 56.3 Å². The molecule has 172 valence electrons. The Bertz CT molecular complexity index is 1390. The van der Waals surface area contributed by atoms with E-state index in [0.29, 0.717) is 17.0 Å². The fourth-order valence-corrected chi connectivity index (χ4v) is 3.96. The minimum absolute atomic E-state index is 0.0246. The molecule has 1 aromatic heterocycles. The number of imide groups is 1. The number of hydrogen-bond donors (Lipinski definition) is 1. The van der Waals surface area contributed by atoms with Gasteiger partial charge in [0.25, 0.3) is 21.8 Å². The summed E-state index contributed by atoms with van der Waals surface area (Å²) in [6.45, 7) is 3.47. The molecule has 34 heavy (non-hydrogen) atoms. The summed E-state index contributed by atoms with van der Waals surface area (Å²) in [5.41, 5.74) is 1.96. The van der Waals surface area contributed by atoms with Gasteiger partial charge < -0.3 is 0 Å². The van der Waals surface area contributed by atoms with Gasteiger partial charge in [-0.15, -0.1) is 0 Å². The molecule has 11 nitrogen and oxygen atoms in total. The standard InChI is InChI=1S/C22H19N7O4S/c1-14-4-6-16(7-5-14)20(30)29-21(31)19(15(2)27-29)26-25-17-8-10-18(11-9-17)34(32,33)28-22-23-12-3-13-24-22/h3-13,19H,1-2H3,(H,23,24,28). The molecule has 0 aliphatic carbocycles. The molecule has 0 fully saturated rings. The van der Waals surface area contributed by atoms with Crippen LogP contribution in [0.15, 0.2) is 87.2 Å². The topological polar surface area (TPSA) is 146 Å². The van der Waals surface area contributed by atoms with Gasteiger partial charge in [-0.3, -0.25) is 9.59 Å². The van der Waals surface area contributed by atoms with Crippen LogP contribution in [0, 0.1) is 6.92 Å². The fourth-order valence-electron chi connectivity index (χ4n) is 3.00. The Hall–Kier alpha value is -4.32. The number of carbonyl (C=O) groups excluding carboxylic acids is 2. The lowest BCUT2D eigenvalue weighted by Crippen LogP contribution is -2.34. The molecule has 12 heteroatoms. The maximum atomic E-state index is 12.7. The molecule has 1 aliphatic rings. The molecule has 0 saturated heterocycles. The molecule has 1 N–H and O–H groups in total. The van der Waals surface area contributed by atoms with E-state index >= 15 is 0 Å². The van der Waals surface area contributed by atoms with Crippen LogP contribution in [-0.2, 0) is 14.8 Å². The molecule has 2 heterocycles. The summed E-state index contributed by atoms with van der Waals surface area (Å²) in [5.74, 6) is -1.21. The van der Waals surface area contributed by atoms with Crippen LogP contribution in [0.5, 0.6) is 0 Å².